The summed E-state index contributed by atoms with van der Waals surface area (Å²) in [5, 5.41) is 52.0. The first kappa shape index (κ1) is 22.8. The van der Waals surface area contributed by atoms with Crippen LogP contribution in [0.15, 0.2) is 0 Å². The second kappa shape index (κ2) is 9.83. The largest absolute Gasteiger partial charge is 0.394 e. The molecule has 1 amide bonds. The first-order valence-electron chi connectivity index (χ1n) is 8.95. The van der Waals surface area contributed by atoms with Crippen LogP contribution < -0.4 is 5.32 Å². The number of aliphatic hydroxyl groups excluding tert-OH is 5. The minimum atomic E-state index is -1.30. The number of hydrogen-bond donors (Lipinski definition) is 6. The van der Waals surface area contributed by atoms with Gasteiger partial charge in [0.25, 0.3) is 0 Å². The minimum Gasteiger partial charge on any atom is -0.394 e. The Morgan fingerprint density at radius 3 is 2.29 bits per heavy atom. The Kier molecular flexibility index (Phi) is 8.01. The van der Waals surface area contributed by atoms with Crippen LogP contribution in [0.1, 0.15) is 13.8 Å². The van der Waals surface area contributed by atoms with Crippen molar-refractivity contribution in [1.29, 1.82) is 0 Å². The standard InChI is InChI=1S/C16H27N3O9/c1-6-12(24)14(9(5-21)26-15(6)19-10(22)3-18-17)28-16-7(2)11(23)13(25)8(4-20)27-16/h3,6-9,11-16,20-21,23-25H,4-5H2,1-2H3,(H,19,22)/t6?,7?,8?,9?,11-,12-,13-,14-,15-,16+/m1/s1. The predicted molar refractivity (Wildman–Crippen MR) is 90.5 cm³/mol. The Morgan fingerprint density at radius 1 is 1.07 bits per heavy atom. The van der Waals surface area contributed by atoms with Gasteiger partial charge in [0.2, 0.25) is 0 Å². The summed E-state index contributed by atoms with van der Waals surface area (Å²) in [5.41, 5.74) is 8.40. The number of amides is 1. The lowest BCUT2D eigenvalue weighted by molar-refractivity contribution is -0.327. The summed E-state index contributed by atoms with van der Waals surface area (Å²) in [5.74, 6) is -2.13. The van der Waals surface area contributed by atoms with Crippen LogP contribution in [-0.4, -0.2) is 105 Å². The van der Waals surface area contributed by atoms with Crippen molar-refractivity contribution in [1.82, 2.24) is 5.32 Å². The molecule has 160 valence electrons. The smallest absolute Gasteiger partial charge is 0.344 e. The molecule has 0 aliphatic carbocycles. The lowest BCUT2D eigenvalue weighted by atomic mass is 9.89. The van der Waals surface area contributed by atoms with Crippen LogP contribution in [0.2, 0.25) is 0 Å². The fraction of sp³-hybridized carbons (Fsp3) is 0.875. The quantitative estimate of drug-likeness (QED) is 0.148. The van der Waals surface area contributed by atoms with E-state index in [0.717, 1.165) is 0 Å². The van der Waals surface area contributed by atoms with Gasteiger partial charge in [0, 0.05) is 11.8 Å². The van der Waals surface area contributed by atoms with Gasteiger partial charge in [0.05, 0.1) is 25.4 Å². The molecule has 2 aliphatic rings. The van der Waals surface area contributed by atoms with Crippen LogP contribution in [-0.2, 0) is 19.0 Å². The van der Waals surface area contributed by atoms with Gasteiger partial charge in [-0.15, -0.1) is 0 Å². The third-order valence-corrected chi connectivity index (χ3v) is 5.16. The SMILES string of the molecule is CC1[C@H](O[C@@H]2C(CO)O[C@@H](NC(=O)C=[N+]=[N-])C(C)[C@H]2O)OC(CO)[C@@H](O)[C@@H]1O. The fourth-order valence-electron chi connectivity index (χ4n) is 3.33. The van der Waals surface area contributed by atoms with Gasteiger partial charge < -0.3 is 50.6 Å². The van der Waals surface area contributed by atoms with Crippen molar-refractivity contribution in [2.45, 2.75) is 63.0 Å². The second-order valence-corrected chi connectivity index (χ2v) is 7.05. The van der Waals surface area contributed by atoms with E-state index in [1.54, 1.807) is 13.8 Å². The van der Waals surface area contributed by atoms with E-state index in [4.69, 9.17) is 19.7 Å². The van der Waals surface area contributed by atoms with Crippen LogP contribution in [0, 0.1) is 11.8 Å². The molecule has 6 N–H and O–H groups in total. The molecule has 0 aromatic rings. The number of rotatable bonds is 6. The minimum absolute atomic E-state index is 0.547. The molecule has 12 heteroatoms. The van der Waals surface area contributed by atoms with E-state index >= 15 is 0 Å². The first-order valence-corrected chi connectivity index (χ1v) is 8.95. The van der Waals surface area contributed by atoms with Crippen LogP contribution >= 0.6 is 0 Å². The summed E-state index contributed by atoms with van der Waals surface area (Å²) in [6, 6.07) is 0. The van der Waals surface area contributed by atoms with Gasteiger partial charge in [0.1, 0.15) is 30.6 Å². The van der Waals surface area contributed by atoms with Crippen LogP contribution in [0.25, 0.3) is 5.53 Å². The van der Waals surface area contributed by atoms with E-state index in [-0.39, 0.29) is 0 Å². The van der Waals surface area contributed by atoms with E-state index in [9.17, 15) is 30.3 Å². The van der Waals surface area contributed by atoms with Gasteiger partial charge in [-0.3, -0.25) is 4.79 Å². The number of nitrogens with zero attached hydrogens (tertiary/aromatic N) is 2. The molecule has 0 saturated carbocycles. The summed E-state index contributed by atoms with van der Waals surface area (Å²) in [4.78, 5) is 14.2. The number of carbonyl (C=O) groups excluding carboxylic acids is 1. The Morgan fingerprint density at radius 2 is 1.71 bits per heavy atom. The molecule has 2 rings (SSSR count). The van der Waals surface area contributed by atoms with Crippen LogP contribution in [0.3, 0.4) is 0 Å². The molecule has 2 aliphatic heterocycles. The summed E-state index contributed by atoms with van der Waals surface area (Å²) in [6.07, 6.45) is -8.38. The lowest BCUT2D eigenvalue weighted by Gasteiger charge is -2.47. The lowest BCUT2D eigenvalue weighted by Crippen LogP contribution is -2.63. The van der Waals surface area contributed by atoms with Crippen molar-refractivity contribution in [2.75, 3.05) is 13.2 Å². The maximum absolute atomic E-state index is 11.6. The number of hydrogen-bond acceptors (Lipinski definition) is 9. The molecule has 28 heavy (non-hydrogen) atoms. The van der Waals surface area contributed by atoms with Crippen LogP contribution in [0.4, 0.5) is 0 Å². The zero-order chi connectivity index (χ0) is 21.0. The highest BCUT2D eigenvalue weighted by molar-refractivity contribution is 6.23. The molecular formula is C16H27N3O9. The highest BCUT2D eigenvalue weighted by atomic mass is 16.7. The summed E-state index contributed by atoms with van der Waals surface area (Å²) < 4.78 is 16.9. The zero-order valence-electron chi connectivity index (χ0n) is 15.5. The van der Waals surface area contributed by atoms with E-state index in [2.05, 4.69) is 10.1 Å². The number of aliphatic hydroxyl groups is 5. The molecule has 0 aromatic carbocycles. The summed E-state index contributed by atoms with van der Waals surface area (Å²) in [6.45, 7) is 2.05. The van der Waals surface area contributed by atoms with Gasteiger partial charge >= 0.3 is 12.1 Å². The van der Waals surface area contributed by atoms with Gasteiger partial charge in [-0.1, -0.05) is 13.8 Å². The Balaban J connectivity index is 2.12. The van der Waals surface area contributed by atoms with Gasteiger partial charge in [0.15, 0.2) is 6.29 Å². The average Bonchev–Trinajstić information content (AvgIpc) is 2.67. The summed E-state index contributed by atoms with van der Waals surface area (Å²) in [7, 11) is 0. The van der Waals surface area contributed by atoms with Crippen molar-refractivity contribution >= 4 is 12.1 Å². The molecular weight excluding hydrogens is 378 g/mol. The second-order valence-electron chi connectivity index (χ2n) is 7.05. The third kappa shape index (κ3) is 4.74. The maximum Gasteiger partial charge on any atom is 0.344 e. The molecule has 0 spiro atoms. The monoisotopic (exact) mass is 405 g/mol. The molecule has 2 saturated heterocycles. The van der Waals surface area contributed by atoms with E-state index in [1.807, 2.05) is 0 Å². The van der Waals surface area contributed by atoms with Crippen molar-refractivity contribution in [3.8, 4) is 0 Å². The number of nitrogens with one attached hydrogen (secondary N) is 1. The fourth-order valence-corrected chi connectivity index (χ4v) is 3.33. The molecule has 10 atom stereocenters. The average molecular weight is 405 g/mol. The highest BCUT2D eigenvalue weighted by Gasteiger charge is 2.49. The maximum atomic E-state index is 11.6. The molecule has 4 unspecified atom stereocenters. The molecule has 2 fully saturated rings. The van der Waals surface area contributed by atoms with Gasteiger partial charge in [-0.25, -0.2) is 0 Å². The molecule has 0 bridgehead atoms. The summed E-state index contributed by atoms with van der Waals surface area (Å²) >= 11 is 0. The van der Waals surface area contributed by atoms with E-state index < -0.39 is 80.1 Å². The normalized spacial score (nSPS) is 43.8. The Hall–Kier alpha value is -1.47. The van der Waals surface area contributed by atoms with Crippen molar-refractivity contribution in [3.05, 3.63) is 5.53 Å². The van der Waals surface area contributed by atoms with Crippen molar-refractivity contribution in [3.63, 3.8) is 0 Å². The predicted octanol–water partition coefficient (Wildman–Crippen LogP) is -3.42. The highest BCUT2D eigenvalue weighted by Crippen LogP contribution is 2.32. The van der Waals surface area contributed by atoms with E-state index in [1.165, 1.54) is 0 Å². The Labute approximate surface area is 161 Å². The van der Waals surface area contributed by atoms with E-state index in [0.29, 0.717) is 6.21 Å². The molecule has 12 nitrogen and oxygen atoms in total. The topological polar surface area (TPSA) is 194 Å². The van der Waals surface area contributed by atoms with Gasteiger partial charge in [-0.2, -0.15) is 4.79 Å². The molecule has 2 heterocycles. The van der Waals surface area contributed by atoms with Gasteiger partial charge in [-0.05, 0) is 0 Å². The zero-order valence-corrected chi connectivity index (χ0v) is 15.5. The van der Waals surface area contributed by atoms with Crippen LogP contribution in [0.5, 0.6) is 0 Å². The Bertz CT molecular complexity index is 584. The molecule has 0 aromatic heterocycles. The van der Waals surface area contributed by atoms with Crippen molar-refractivity contribution < 1.29 is 49.3 Å². The first-order chi connectivity index (χ1) is 13.2. The van der Waals surface area contributed by atoms with Crippen molar-refractivity contribution in [2.24, 2.45) is 11.8 Å². The number of ether oxygens (including phenoxy) is 3. The third-order valence-electron chi connectivity index (χ3n) is 5.16. The number of carbonyl (C=O) groups is 1. The molecule has 0 radical (unpaired) electrons.